The molecule has 0 atom stereocenters. The number of morpholine rings is 1. The molecule has 1 saturated heterocycles. The van der Waals surface area contributed by atoms with Crippen molar-refractivity contribution in [2.75, 3.05) is 26.3 Å². The summed E-state index contributed by atoms with van der Waals surface area (Å²) in [6.07, 6.45) is 3.66. The minimum absolute atomic E-state index is 0.0262. The third kappa shape index (κ3) is 5.79. The molecule has 19 heavy (non-hydrogen) atoms. The SMILES string of the molecule is CC.CC.CC1=CNNC(C(=O)N2CCOCC2)=C1. The number of amides is 1. The van der Waals surface area contributed by atoms with E-state index < -0.39 is 0 Å². The number of hydrogen-bond acceptors (Lipinski definition) is 4. The van der Waals surface area contributed by atoms with E-state index in [9.17, 15) is 4.79 Å². The molecule has 0 aromatic rings. The molecule has 0 spiro atoms. The van der Waals surface area contributed by atoms with Crippen molar-refractivity contribution in [1.82, 2.24) is 15.8 Å². The van der Waals surface area contributed by atoms with Gasteiger partial charge in [-0.05, 0) is 18.6 Å². The highest BCUT2D eigenvalue weighted by molar-refractivity contribution is 5.93. The summed E-state index contributed by atoms with van der Waals surface area (Å²) in [5, 5.41) is 0. The first kappa shape index (κ1) is 17.5. The van der Waals surface area contributed by atoms with E-state index in [0.717, 1.165) is 5.57 Å². The van der Waals surface area contributed by atoms with Gasteiger partial charge < -0.3 is 15.1 Å². The molecule has 2 N–H and O–H groups in total. The zero-order chi connectivity index (χ0) is 14.7. The molecule has 1 fully saturated rings. The Kier molecular flexibility index (Phi) is 9.62. The van der Waals surface area contributed by atoms with Crippen molar-refractivity contribution in [3.05, 3.63) is 23.5 Å². The van der Waals surface area contributed by atoms with Gasteiger partial charge in [-0.1, -0.05) is 27.7 Å². The number of hydrogen-bond donors (Lipinski definition) is 2. The van der Waals surface area contributed by atoms with Crippen LogP contribution in [0.15, 0.2) is 23.5 Å². The zero-order valence-electron chi connectivity index (χ0n) is 12.7. The van der Waals surface area contributed by atoms with Crippen LogP contribution in [0.1, 0.15) is 34.6 Å². The largest absolute Gasteiger partial charge is 0.378 e. The number of nitrogens with one attached hydrogen (secondary N) is 2. The number of carbonyl (C=O) groups is 1. The van der Waals surface area contributed by atoms with Gasteiger partial charge in [0.25, 0.3) is 5.91 Å². The van der Waals surface area contributed by atoms with Crippen LogP contribution in [0, 0.1) is 0 Å². The number of nitrogens with zero attached hydrogens (tertiary/aromatic N) is 1. The number of carbonyl (C=O) groups excluding carboxylic acids is 1. The molecule has 2 rings (SSSR count). The third-order valence-electron chi connectivity index (χ3n) is 2.41. The van der Waals surface area contributed by atoms with Crippen molar-refractivity contribution >= 4 is 5.91 Å². The minimum Gasteiger partial charge on any atom is -0.378 e. The Hall–Kier alpha value is -1.49. The maximum atomic E-state index is 12.0. The first-order chi connectivity index (χ1) is 9.27. The van der Waals surface area contributed by atoms with Crippen LogP contribution in [0.25, 0.3) is 0 Å². The highest BCUT2D eigenvalue weighted by Gasteiger charge is 2.21. The number of allylic oxidation sites excluding steroid dienone is 2. The van der Waals surface area contributed by atoms with E-state index >= 15 is 0 Å². The van der Waals surface area contributed by atoms with Gasteiger partial charge in [0.05, 0.1) is 13.2 Å². The van der Waals surface area contributed by atoms with Gasteiger partial charge >= 0.3 is 0 Å². The number of rotatable bonds is 1. The monoisotopic (exact) mass is 269 g/mol. The first-order valence-corrected chi connectivity index (χ1v) is 7.04. The van der Waals surface area contributed by atoms with Crippen LogP contribution in [-0.4, -0.2) is 37.1 Å². The van der Waals surface area contributed by atoms with Gasteiger partial charge in [-0.2, -0.15) is 0 Å². The van der Waals surface area contributed by atoms with Crippen LogP contribution in [0.4, 0.5) is 0 Å². The molecule has 0 bridgehead atoms. The quantitative estimate of drug-likeness (QED) is 0.762. The smallest absolute Gasteiger partial charge is 0.271 e. The molecule has 0 aliphatic carbocycles. The molecule has 1 amide bonds. The fraction of sp³-hybridized carbons (Fsp3) is 0.643. The van der Waals surface area contributed by atoms with E-state index in [4.69, 9.17) is 4.74 Å². The molecular weight excluding hydrogens is 242 g/mol. The van der Waals surface area contributed by atoms with E-state index in [1.165, 1.54) is 0 Å². The number of hydrazine groups is 1. The molecule has 110 valence electrons. The van der Waals surface area contributed by atoms with E-state index in [2.05, 4.69) is 10.9 Å². The highest BCUT2D eigenvalue weighted by Crippen LogP contribution is 2.07. The summed E-state index contributed by atoms with van der Waals surface area (Å²) in [4.78, 5) is 13.8. The van der Waals surface area contributed by atoms with Crippen LogP contribution >= 0.6 is 0 Å². The topological polar surface area (TPSA) is 53.6 Å². The highest BCUT2D eigenvalue weighted by atomic mass is 16.5. The van der Waals surface area contributed by atoms with E-state index in [0.29, 0.717) is 32.0 Å². The standard InChI is InChI=1S/C10H15N3O2.2C2H6/c1-8-6-9(12-11-7-8)10(14)13-2-4-15-5-3-13;2*1-2/h6-7,11-12H,2-5H2,1H3;2*1-2H3. The Balaban J connectivity index is 0.000000741. The second-order valence-electron chi connectivity index (χ2n) is 3.62. The molecule has 0 aromatic heterocycles. The van der Waals surface area contributed by atoms with Crippen molar-refractivity contribution in [1.29, 1.82) is 0 Å². The molecule has 5 nitrogen and oxygen atoms in total. The van der Waals surface area contributed by atoms with Crippen LogP contribution in [0.3, 0.4) is 0 Å². The van der Waals surface area contributed by atoms with Gasteiger partial charge in [0.2, 0.25) is 0 Å². The number of ether oxygens (including phenoxy) is 1. The lowest BCUT2D eigenvalue weighted by Crippen LogP contribution is -2.45. The average molecular weight is 269 g/mol. The van der Waals surface area contributed by atoms with Gasteiger partial charge in [-0.25, -0.2) is 0 Å². The molecule has 2 aliphatic rings. The van der Waals surface area contributed by atoms with Crippen LogP contribution in [-0.2, 0) is 9.53 Å². The summed E-state index contributed by atoms with van der Waals surface area (Å²) in [6, 6.07) is 0. The van der Waals surface area contributed by atoms with Crippen LogP contribution in [0.2, 0.25) is 0 Å². The molecule has 0 aromatic carbocycles. The minimum atomic E-state index is 0.0262. The maximum absolute atomic E-state index is 12.0. The van der Waals surface area contributed by atoms with Gasteiger partial charge in [0, 0.05) is 19.3 Å². The van der Waals surface area contributed by atoms with Gasteiger partial charge in [-0.3, -0.25) is 10.2 Å². The molecule has 2 heterocycles. The molecule has 0 unspecified atom stereocenters. The molecule has 0 radical (unpaired) electrons. The van der Waals surface area contributed by atoms with E-state index in [-0.39, 0.29) is 5.91 Å². The summed E-state index contributed by atoms with van der Waals surface area (Å²) < 4.78 is 5.20. The predicted molar refractivity (Wildman–Crippen MR) is 78.2 cm³/mol. The fourth-order valence-corrected chi connectivity index (χ4v) is 1.59. The van der Waals surface area contributed by atoms with Crippen molar-refractivity contribution < 1.29 is 9.53 Å². The fourth-order valence-electron chi connectivity index (χ4n) is 1.59. The lowest BCUT2D eigenvalue weighted by Gasteiger charge is -2.28. The lowest BCUT2D eigenvalue weighted by atomic mass is 10.2. The van der Waals surface area contributed by atoms with Crippen molar-refractivity contribution in [2.24, 2.45) is 0 Å². The second kappa shape index (κ2) is 10.4. The summed E-state index contributed by atoms with van der Waals surface area (Å²) in [7, 11) is 0. The lowest BCUT2D eigenvalue weighted by molar-refractivity contribution is -0.131. The zero-order valence-corrected chi connectivity index (χ0v) is 12.7. The van der Waals surface area contributed by atoms with E-state index in [1.54, 1.807) is 4.90 Å². The Bertz CT molecular complexity index is 319. The van der Waals surface area contributed by atoms with E-state index in [1.807, 2.05) is 46.9 Å². The molecule has 2 aliphatic heterocycles. The van der Waals surface area contributed by atoms with Gasteiger partial charge in [0.15, 0.2) is 0 Å². The summed E-state index contributed by atoms with van der Waals surface area (Å²) in [5.41, 5.74) is 7.32. The Labute approximate surface area is 116 Å². The molecule has 0 saturated carbocycles. The first-order valence-electron chi connectivity index (χ1n) is 7.04. The van der Waals surface area contributed by atoms with Crippen molar-refractivity contribution in [3.63, 3.8) is 0 Å². The Morgan fingerprint density at radius 1 is 1.21 bits per heavy atom. The average Bonchev–Trinajstić information content (AvgIpc) is 2.51. The predicted octanol–water partition coefficient (Wildman–Crippen LogP) is 1.79. The van der Waals surface area contributed by atoms with Gasteiger partial charge in [0.1, 0.15) is 5.70 Å². The summed E-state index contributed by atoms with van der Waals surface area (Å²) >= 11 is 0. The third-order valence-corrected chi connectivity index (χ3v) is 2.41. The summed E-state index contributed by atoms with van der Waals surface area (Å²) in [5.74, 6) is 0.0262. The Morgan fingerprint density at radius 3 is 2.32 bits per heavy atom. The van der Waals surface area contributed by atoms with Crippen molar-refractivity contribution in [3.8, 4) is 0 Å². The van der Waals surface area contributed by atoms with Crippen molar-refractivity contribution in [2.45, 2.75) is 34.6 Å². The van der Waals surface area contributed by atoms with Gasteiger partial charge in [-0.15, -0.1) is 0 Å². The summed E-state index contributed by atoms with van der Waals surface area (Å²) in [6.45, 7) is 12.5. The van der Waals surface area contributed by atoms with Crippen LogP contribution < -0.4 is 10.9 Å². The van der Waals surface area contributed by atoms with Crippen LogP contribution in [0.5, 0.6) is 0 Å². The normalized spacial score (nSPS) is 17.2. The Morgan fingerprint density at radius 2 is 1.79 bits per heavy atom. The maximum Gasteiger partial charge on any atom is 0.271 e. The molecule has 5 heteroatoms. The second-order valence-corrected chi connectivity index (χ2v) is 3.62. The molecular formula is C14H27N3O2.